The zero-order chi connectivity index (χ0) is 14.3. The van der Waals surface area contributed by atoms with E-state index in [-0.39, 0.29) is 5.82 Å². The number of nitrogens with zero attached hydrogens (tertiary/aromatic N) is 3. The molecular formula is C14H12BrFN4. The molecule has 2 heterocycles. The van der Waals surface area contributed by atoms with Crippen LogP contribution in [0.3, 0.4) is 0 Å². The average molecular weight is 335 g/mol. The molecule has 6 heteroatoms. The molecule has 1 aromatic carbocycles. The number of fused-ring (bicyclic) bond motifs is 1. The number of H-pyrrole nitrogens is 1. The second kappa shape index (κ2) is 4.94. The smallest absolute Gasteiger partial charge is 0.140 e. The van der Waals surface area contributed by atoms with Crippen LogP contribution in [0.2, 0.25) is 0 Å². The first-order valence-electron chi connectivity index (χ1n) is 6.27. The van der Waals surface area contributed by atoms with Crippen molar-refractivity contribution in [2.45, 2.75) is 20.3 Å². The molecule has 0 spiro atoms. The van der Waals surface area contributed by atoms with Gasteiger partial charge in [0.25, 0.3) is 0 Å². The molecule has 0 aliphatic carbocycles. The normalized spacial score (nSPS) is 11.2. The maximum absolute atomic E-state index is 13.6. The third-order valence-corrected chi connectivity index (χ3v) is 3.71. The number of halogens is 2. The van der Waals surface area contributed by atoms with Crippen molar-refractivity contribution in [1.29, 1.82) is 0 Å². The molecule has 0 saturated heterocycles. The number of hydrogen-bond donors (Lipinski definition) is 1. The van der Waals surface area contributed by atoms with Gasteiger partial charge in [0.2, 0.25) is 0 Å². The Labute approximate surface area is 123 Å². The van der Waals surface area contributed by atoms with Gasteiger partial charge in [-0.15, -0.1) is 0 Å². The van der Waals surface area contributed by atoms with Gasteiger partial charge >= 0.3 is 0 Å². The first-order valence-corrected chi connectivity index (χ1v) is 7.06. The molecule has 0 aliphatic heterocycles. The second-order valence-electron chi connectivity index (χ2n) is 4.57. The van der Waals surface area contributed by atoms with Gasteiger partial charge in [0, 0.05) is 11.6 Å². The molecule has 0 atom stereocenters. The van der Waals surface area contributed by atoms with Gasteiger partial charge < -0.3 is 4.98 Å². The highest BCUT2D eigenvalue weighted by Gasteiger charge is 2.13. The number of aryl methyl sites for hydroxylation is 2. The van der Waals surface area contributed by atoms with Gasteiger partial charge in [0.1, 0.15) is 11.6 Å². The fraction of sp³-hybridized carbons (Fsp3) is 0.214. The number of hydrogen-bond acceptors (Lipinski definition) is 3. The van der Waals surface area contributed by atoms with Crippen LogP contribution in [0.5, 0.6) is 0 Å². The number of nitrogens with one attached hydrogen (secondary N) is 1. The summed E-state index contributed by atoms with van der Waals surface area (Å²) in [7, 11) is 0. The third-order valence-electron chi connectivity index (χ3n) is 3.11. The fourth-order valence-corrected chi connectivity index (χ4v) is 2.44. The van der Waals surface area contributed by atoms with Gasteiger partial charge in [0.15, 0.2) is 0 Å². The SMILES string of the molecule is CCc1nnc(C)cc1-c1nc2cc(Br)c(F)cc2[nH]1. The minimum absolute atomic E-state index is 0.313. The van der Waals surface area contributed by atoms with Crippen LogP contribution in [0.1, 0.15) is 18.3 Å². The van der Waals surface area contributed by atoms with E-state index < -0.39 is 0 Å². The van der Waals surface area contributed by atoms with Crippen LogP contribution in [0.25, 0.3) is 22.4 Å². The Morgan fingerprint density at radius 1 is 1.25 bits per heavy atom. The molecule has 20 heavy (non-hydrogen) atoms. The predicted molar refractivity (Wildman–Crippen MR) is 78.9 cm³/mol. The molecule has 0 fully saturated rings. The number of rotatable bonds is 2. The largest absolute Gasteiger partial charge is 0.338 e. The van der Waals surface area contributed by atoms with Crippen molar-refractivity contribution in [3.63, 3.8) is 0 Å². The maximum Gasteiger partial charge on any atom is 0.140 e. The van der Waals surface area contributed by atoms with E-state index in [1.165, 1.54) is 6.07 Å². The molecule has 3 aromatic rings. The number of benzene rings is 1. The molecule has 0 unspecified atom stereocenters. The number of imidazole rings is 1. The zero-order valence-electron chi connectivity index (χ0n) is 11.0. The molecule has 0 aliphatic rings. The molecule has 0 saturated carbocycles. The molecule has 0 bridgehead atoms. The Morgan fingerprint density at radius 2 is 2.05 bits per heavy atom. The van der Waals surface area contributed by atoms with E-state index in [2.05, 4.69) is 36.1 Å². The van der Waals surface area contributed by atoms with Gasteiger partial charge in [-0.1, -0.05) is 6.92 Å². The zero-order valence-corrected chi connectivity index (χ0v) is 12.6. The summed E-state index contributed by atoms with van der Waals surface area (Å²) in [6.45, 7) is 3.90. The van der Waals surface area contributed by atoms with E-state index >= 15 is 0 Å². The highest BCUT2D eigenvalue weighted by molar-refractivity contribution is 9.10. The first kappa shape index (κ1) is 13.2. The van der Waals surface area contributed by atoms with Gasteiger partial charge in [-0.2, -0.15) is 10.2 Å². The monoisotopic (exact) mass is 334 g/mol. The van der Waals surface area contributed by atoms with E-state index in [1.54, 1.807) is 6.07 Å². The lowest BCUT2D eigenvalue weighted by Crippen LogP contribution is -1.98. The minimum atomic E-state index is -0.313. The average Bonchev–Trinajstić information content (AvgIpc) is 2.82. The van der Waals surface area contributed by atoms with Gasteiger partial charge in [-0.25, -0.2) is 9.37 Å². The van der Waals surface area contributed by atoms with Crippen molar-refractivity contribution >= 4 is 27.0 Å². The van der Waals surface area contributed by atoms with E-state index in [0.717, 1.165) is 23.4 Å². The van der Waals surface area contributed by atoms with Crippen molar-refractivity contribution in [1.82, 2.24) is 20.2 Å². The molecule has 1 N–H and O–H groups in total. The Bertz CT molecular complexity index is 758. The highest BCUT2D eigenvalue weighted by atomic mass is 79.9. The summed E-state index contributed by atoms with van der Waals surface area (Å²) in [4.78, 5) is 7.66. The number of aromatic amines is 1. The molecule has 0 amide bonds. The van der Waals surface area contributed by atoms with Crippen LogP contribution in [-0.4, -0.2) is 20.2 Å². The molecule has 0 radical (unpaired) electrons. The van der Waals surface area contributed by atoms with Gasteiger partial charge in [-0.3, -0.25) is 0 Å². The lowest BCUT2D eigenvalue weighted by Gasteiger charge is -2.03. The molecule has 3 rings (SSSR count). The quantitative estimate of drug-likeness (QED) is 0.775. The van der Waals surface area contributed by atoms with E-state index in [1.807, 2.05) is 19.9 Å². The van der Waals surface area contributed by atoms with Gasteiger partial charge in [-0.05, 0) is 41.4 Å². The molecule has 102 valence electrons. The van der Waals surface area contributed by atoms with Crippen LogP contribution in [0.15, 0.2) is 22.7 Å². The summed E-state index contributed by atoms with van der Waals surface area (Å²) >= 11 is 3.17. The second-order valence-corrected chi connectivity index (χ2v) is 5.42. The topological polar surface area (TPSA) is 54.5 Å². The molecule has 2 aromatic heterocycles. The summed E-state index contributed by atoms with van der Waals surface area (Å²) in [6, 6.07) is 5.04. The Hall–Kier alpha value is -1.82. The molecular weight excluding hydrogens is 323 g/mol. The maximum atomic E-state index is 13.6. The van der Waals surface area contributed by atoms with E-state index in [9.17, 15) is 4.39 Å². The van der Waals surface area contributed by atoms with Crippen molar-refractivity contribution in [3.8, 4) is 11.4 Å². The van der Waals surface area contributed by atoms with Crippen molar-refractivity contribution in [2.75, 3.05) is 0 Å². The fourth-order valence-electron chi connectivity index (χ4n) is 2.11. The predicted octanol–water partition coefficient (Wildman–Crippen LogP) is 3.79. The minimum Gasteiger partial charge on any atom is -0.338 e. The third kappa shape index (κ3) is 2.20. The van der Waals surface area contributed by atoms with Crippen molar-refractivity contribution in [2.24, 2.45) is 0 Å². The van der Waals surface area contributed by atoms with Crippen LogP contribution in [0, 0.1) is 12.7 Å². The van der Waals surface area contributed by atoms with Crippen LogP contribution in [-0.2, 0) is 6.42 Å². The van der Waals surface area contributed by atoms with Gasteiger partial charge in [0.05, 0.1) is 26.9 Å². The molecule has 4 nitrogen and oxygen atoms in total. The Balaban J connectivity index is 2.22. The Morgan fingerprint density at radius 3 is 2.80 bits per heavy atom. The first-order chi connectivity index (χ1) is 9.58. The number of aromatic nitrogens is 4. The van der Waals surface area contributed by atoms with Crippen LogP contribution in [0.4, 0.5) is 4.39 Å². The summed E-state index contributed by atoms with van der Waals surface area (Å²) < 4.78 is 14.0. The van der Waals surface area contributed by atoms with Crippen molar-refractivity contribution < 1.29 is 4.39 Å². The van der Waals surface area contributed by atoms with Crippen LogP contribution < -0.4 is 0 Å². The summed E-state index contributed by atoms with van der Waals surface area (Å²) in [5.74, 6) is 0.375. The lowest BCUT2D eigenvalue weighted by molar-refractivity contribution is 0.623. The summed E-state index contributed by atoms with van der Waals surface area (Å²) in [5.41, 5.74) is 3.98. The highest BCUT2D eigenvalue weighted by Crippen LogP contribution is 2.26. The van der Waals surface area contributed by atoms with Crippen molar-refractivity contribution in [3.05, 3.63) is 39.9 Å². The van der Waals surface area contributed by atoms with E-state index in [0.29, 0.717) is 21.3 Å². The van der Waals surface area contributed by atoms with E-state index in [4.69, 9.17) is 0 Å². The Kier molecular flexibility index (Phi) is 3.25. The summed E-state index contributed by atoms with van der Waals surface area (Å²) in [6.07, 6.45) is 0.762. The van der Waals surface area contributed by atoms with Crippen LogP contribution >= 0.6 is 15.9 Å². The lowest BCUT2D eigenvalue weighted by atomic mass is 10.1. The standard InChI is InChI=1S/C14H12BrFN4/c1-3-11-8(4-7(2)19-20-11)14-17-12-5-9(15)10(16)6-13(12)18-14/h4-6H,3H2,1-2H3,(H,17,18). The summed E-state index contributed by atoms with van der Waals surface area (Å²) in [5, 5.41) is 8.24.